The number of rotatable bonds is 6. The lowest BCUT2D eigenvalue weighted by molar-refractivity contribution is -0.122. The molecule has 0 bridgehead atoms. The number of carbonyl (C=O) groups is 1. The van der Waals surface area contributed by atoms with Crippen molar-refractivity contribution < 1.29 is 9.18 Å². The molecule has 0 radical (unpaired) electrons. The Balaban J connectivity index is 1.40. The van der Waals surface area contributed by atoms with Crippen molar-refractivity contribution in [2.45, 2.75) is 20.0 Å². The molecule has 4 nitrogen and oxygen atoms in total. The Morgan fingerprint density at radius 1 is 0.962 bits per heavy atom. The van der Waals surface area contributed by atoms with Crippen molar-refractivity contribution >= 4 is 5.91 Å². The van der Waals surface area contributed by atoms with Gasteiger partial charge in [-0.3, -0.25) is 14.6 Å². The summed E-state index contributed by atoms with van der Waals surface area (Å²) in [5, 5.41) is 2.81. The number of nitrogens with zero attached hydrogens (tertiary/aromatic N) is 2. The Labute approximate surface area is 154 Å². The number of hydrogen-bond acceptors (Lipinski definition) is 3. The Hall–Kier alpha value is -2.24. The van der Waals surface area contributed by atoms with Gasteiger partial charge >= 0.3 is 0 Å². The molecule has 1 amide bonds. The van der Waals surface area contributed by atoms with Crippen molar-refractivity contribution in [3.63, 3.8) is 0 Å². The van der Waals surface area contributed by atoms with E-state index >= 15 is 0 Å². The average molecular weight is 355 g/mol. The summed E-state index contributed by atoms with van der Waals surface area (Å²) in [4.78, 5) is 16.7. The first-order valence-corrected chi connectivity index (χ1v) is 9.11. The van der Waals surface area contributed by atoms with Crippen LogP contribution in [0.4, 0.5) is 4.39 Å². The molecule has 26 heavy (non-hydrogen) atoms. The normalized spacial score (nSPS) is 15.8. The summed E-state index contributed by atoms with van der Waals surface area (Å²) in [6.45, 7) is 7.36. The van der Waals surface area contributed by atoms with E-state index in [1.165, 1.54) is 17.2 Å². The van der Waals surface area contributed by atoms with Crippen molar-refractivity contribution in [1.82, 2.24) is 15.1 Å². The maximum atomic E-state index is 13.6. The Bertz CT molecular complexity index is 742. The summed E-state index contributed by atoms with van der Waals surface area (Å²) in [5.41, 5.74) is 3.20. The van der Waals surface area contributed by atoms with Crippen LogP contribution >= 0.6 is 0 Å². The van der Waals surface area contributed by atoms with E-state index in [-0.39, 0.29) is 18.3 Å². The number of carbonyl (C=O) groups excluding carboxylic acids is 1. The SMILES string of the molecule is Cc1ccccc1CN1CCN(CC(=O)NCc2ccccc2F)CC1. The highest BCUT2D eigenvalue weighted by atomic mass is 19.1. The fraction of sp³-hybridized carbons (Fsp3) is 0.381. The van der Waals surface area contributed by atoms with E-state index in [2.05, 4.69) is 46.3 Å². The van der Waals surface area contributed by atoms with Crippen LogP contribution in [0.5, 0.6) is 0 Å². The van der Waals surface area contributed by atoms with Crippen LogP contribution in [0.3, 0.4) is 0 Å². The number of benzene rings is 2. The highest BCUT2D eigenvalue weighted by Crippen LogP contribution is 2.12. The third-order valence-electron chi connectivity index (χ3n) is 4.92. The lowest BCUT2D eigenvalue weighted by Crippen LogP contribution is -2.49. The summed E-state index contributed by atoms with van der Waals surface area (Å²) in [5.74, 6) is -0.335. The summed E-state index contributed by atoms with van der Waals surface area (Å²) < 4.78 is 13.6. The van der Waals surface area contributed by atoms with Crippen LogP contribution in [0.15, 0.2) is 48.5 Å². The first-order chi connectivity index (χ1) is 12.6. The fourth-order valence-corrected chi connectivity index (χ4v) is 3.23. The summed E-state index contributed by atoms with van der Waals surface area (Å²) in [6, 6.07) is 15.0. The molecular weight excluding hydrogens is 329 g/mol. The maximum Gasteiger partial charge on any atom is 0.234 e. The molecule has 0 unspecified atom stereocenters. The quantitative estimate of drug-likeness (QED) is 0.865. The molecule has 0 spiro atoms. The molecule has 1 heterocycles. The second-order valence-corrected chi connectivity index (χ2v) is 6.85. The molecule has 2 aromatic rings. The van der Waals surface area contributed by atoms with Crippen molar-refractivity contribution in [3.05, 3.63) is 71.0 Å². The van der Waals surface area contributed by atoms with E-state index in [4.69, 9.17) is 0 Å². The number of halogens is 1. The molecule has 0 aliphatic carbocycles. The highest BCUT2D eigenvalue weighted by molar-refractivity contribution is 5.78. The number of hydrogen-bond donors (Lipinski definition) is 1. The third kappa shape index (κ3) is 5.13. The maximum absolute atomic E-state index is 13.6. The van der Waals surface area contributed by atoms with Gasteiger partial charge in [0.2, 0.25) is 5.91 Å². The fourth-order valence-electron chi connectivity index (χ4n) is 3.23. The minimum absolute atomic E-state index is 0.0550. The average Bonchev–Trinajstić information content (AvgIpc) is 2.64. The molecule has 1 aliphatic heterocycles. The lowest BCUT2D eigenvalue weighted by Gasteiger charge is -2.34. The van der Waals surface area contributed by atoms with Crippen LogP contribution in [0.2, 0.25) is 0 Å². The zero-order chi connectivity index (χ0) is 18.4. The number of piperazine rings is 1. The third-order valence-corrected chi connectivity index (χ3v) is 4.92. The van der Waals surface area contributed by atoms with Gasteiger partial charge in [0.1, 0.15) is 5.82 Å². The van der Waals surface area contributed by atoms with Crippen molar-refractivity contribution in [1.29, 1.82) is 0 Å². The van der Waals surface area contributed by atoms with Crippen molar-refractivity contribution in [2.24, 2.45) is 0 Å². The van der Waals surface area contributed by atoms with Gasteiger partial charge in [-0.2, -0.15) is 0 Å². The highest BCUT2D eigenvalue weighted by Gasteiger charge is 2.19. The molecule has 1 fully saturated rings. The molecule has 138 valence electrons. The summed E-state index contributed by atoms with van der Waals surface area (Å²) in [7, 11) is 0. The van der Waals surface area contributed by atoms with Gasteiger partial charge in [-0.1, -0.05) is 42.5 Å². The van der Waals surface area contributed by atoms with Crippen LogP contribution in [-0.4, -0.2) is 48.4 Å². The van der Waals surface area contributed by atoms with E-state index in [0.717, 1.165) is 32.7 Å². The predicted octanol–water partition coefficient (Wildman–Crippen LogP) is 2.57. The van der Waals surface area contributed by atoms with Crippen LogP contribution in [-0.2, 0) is 17.9 Å². The summed E-state index contributed by atoms with van der Waals surface area (Å²) in [6.07, 6.45) is 0. The molecule has 2 aromatic carbocycles. The molecule has 1 N–H and O–H groups in total. The smallest absolute Gasteiger partial charge is 0.234 e. The molecule has 0 saturated carbocycles. The van der Waals surface area contributed by atoms with Crippen molar-refractivity contribution in [2.75, 3.05) is 32.7 Å². The Morgan fingerprint density at radius 3 is 2.27 bits per heavy atom. The van der Waals surface area contributed by atoms with Gasteiger partial charge in [-0.15, -0.1) is 0 Å². The Kier molecular flexibility index (Phi) is 6.36. The molecule has 3 rings (SSSR count). The van der Waals surface area contributed by atoms with Gasteiger partial charge in [-0.25, -0.2) is 4.39 Å². The van der Waals surface area contributed by atoms with Gasteiger partial charge in [0.05, 0.1) is 6.54 Å². The number of aryl methyl sites for hydroxylation is 1. The van der Waals surface area contributed by atoms with E-state index in [1.807, 2.05) is 0 Å². The topological polar surface area (TPSA) is 35.6 Å². The lowest BCUT2D eigenvalue weighted by atomic mass is 10.1. The van der Waals surface area contributed by atoms with Crippen LogP contribution in [0.25, 0.3) is 0 Å². The zero-order valence-electron chi connectivity index (χ0n) is 15.2. The number of nitrogens with one attached hydrogen (secondary N) is 1. The predicted molar refractivity (Wildman–Crippen MR) is 101 cm³/mol. The van der Waals surface area contributed by atoms with Gasteiger partial charge in [0.25, 0.3) is 0 Å². The standard InChI is InChI=1S/C21H26FN3O/c1-17-6-2-3-8-19(17)15-24-10-12-25(13-11-24)16-21(26)23-14-18-7-4-5-9-20(18)22/h2-9H,10-16H2,1H3,(H,23,26). The van der Waals surface area contributed by atoms with Gasteiger partial charge in [0, 0.05) is 44.8 Å². The van der Waals surface area contributed by atoms with Crippen molar-refractivity contribution in [3.8, 4) is 0 Å². The van der Waals surface area contributed by atoms with Gasteiger partial charge < -0.3 is 5.32 Å². The minimum atomic E-state index is -0.280. The number of amides is 1. The van der Waals surface area contributed by atoms with Crippen LogP contribution < -0.4 is 5.32 Å². The monoisotopic (exact) mass is 355 g/mol. The Morgan fingerprint density at radius 2 is 1.58 bits per heavy atom. The van der Waals surface area contributed by atoms with E-state index in [9.17, 15) is 9.18 Å². The molecular formula is C21H26FN3O. The first kappa shape index (κ1) is 18.5. The van der Waals surface area contributed by atoms with E-state index in [0.29, 0.717) is 12.1 Å². The zero-order valence-corrected chi connectivity index (χ0v) is 15.2. The second-order valence-electron chi connectivity index (χ2n) is 6.85. The largest absolute Gasteiger partial charge is 0.351 e. The van der Waals surface area contributed by atoms with E-state index < -0.39 is 0 Å². The first-order valence-electron chi connectivity index (χ1n) is 9.11. The molecule has 5 heteroatoms. The van der Waals surface area contributed by atoms with Gasteiger partial charge in [-0.05, 0) is 24.1 Å². The molecule has 1 aliphatic rings. The van der Waals surface area contributed by atoms with Crippen LogP contribution in [0, 0.1) is 12.7 Å². The molecule has 1 saturated heterocycles. The molecule has 0 aromatic heterocycles. The summed E-state index contributed by atoms with van der Waals surface area (Å²) >= 11 is 0. The van der Waals surface area contributed by atoms with E-state index in [1.54, 1.807) is 18.2 Å². The molecule has 0 atom stereocenters. The minimum Gasteiger partial charge on any atom is -0.351 e. The van der Waals surface area contributed by atoms with Gasteiger partial charge in [0.15, 0.2) is 0 Å². The van der Waals surface area contributed by atoms with Crippen LogP contribution in [0.1, 0.15) is 16.7 Å². The second kappa shape index (κ2) is 8.92.